The molecule has 1 aliphatic carbocycles. The lowest BCUT2D eigenvalue weighted by atomic mass is 9.95. The summed E-state index contributed by atoms with van der Waals surface area (Å²) < 4.78 is 70.4. The topological polar surface area (TPSA) is 105 Å². The molecule has 12 heteroatoms. The van der Waals surface area contributed by atoms with E-state index in [0.717, 1.165) is 24.3 Å². The smallest absolute Gasteiger partial charge is 0.416 e. The molecule has 1 aromatic rings. The number of nitrogens with one attached hydrogen (secondary N) is 2. The quantitative estimate of drug-likeness (QED) is 0.593. The molecule has 190 valence electrons. The van der Waals surface area contributed by atoms with E-state index in [2.05, 4.69) is 15.4 Å². The summed E-state index contributed by atoms with van der Waals surface area (Å²) in [5.41, 5.74) is -0.913. The van der Waals surface area contributed by atoms with Crippen LogP contribution in [0.2, 0.25) is 0 Å². The number of alkyl halides is 3. The van der Waals surface area contributed by atoms with Gasteiger partial charge in [-0.25, -0.2) is 13.2 Å². The van der Waals surface area contributed by atoms with Gasteiger partial charge in [0, 0.05) is 19.1 Å². The molecule has 1 saturated carbocycles. The highest BCUT2D eigenvalue weighted by Crippen LogP contribution is 2.40. The van der Waals surface area contributed by atoms with Crippen LogP contribution < -0.4 is 10.6 Å². The van der Waals surface area contributed by atoms with Gasteiger partial charge in [-0.15, -0.1) is 0 Å². The average molecular weight is 506 g/mol. The number of ether oxygens (including phenoxy) is 1. The van der Waals surface area contributed by atoms with E-state index < -0.39 is 33.9 Å². The Morgan fingerprint density at radius 2 is 1.82 bits per heavy atom. The fourth-order valence-corrected chi connectivity index (χ4v) is 6.26. The molecule has 0 aromatic heterocycles. The lowest BCUT2D eigenvalue weighted by molar-refractivity contribution is -0.137. The fourth-order valence-electron chi connectivity index (χ4n) is 4.73. The number of hydrogen-bond acceptors (Lipinski definition) is 5. The molecule has 3 rings (SSSR count). The van der Waals surface area contributed by atoms with Crippen molar-refractivity contribution < 1.29 is 35.9 Å². The standard InChI is InChI=1S/C22H30F3N3O5S/c1-4-13(2)19(27-21(30)33-3)20(29)26-18-10-5-14-11-28(12-17(14)18)34(31,32)16-8-6-15(7-9-16)22(23,24)25/h6-9,13-14,17-19H,4-5,10-12H2,1-3H3,(H,26,29)(H,27,30)/t13-,14-,17+,18+,19-/m0/s1. The van der Waals surface area contributed by atoms with Crippen molar-refractivity contribution in [2.24, 2.45) is 17.8 Å². The highest BCUT2D eigenvalue weighted by atomic mass is 32.2. The van der Waals surface area contributed by atoms with Crippen molar-refractivity contribution >= 4 is 22.0 Å². The minimum atomic E-state index is -4.55. The third-order valence-corrected chi connectivity index (χ3v) is 8.77. The number of amides is 2. The number of benzene rings is 1. The van der Waals surface area contributed by atoms with Gasteiger partial charge < -0.3 is 15.4 Å². The average Bonchev–Trinajstić information content (AvgIpc) is 3.38. The predicted molar refractivity (Wildman–Crippen MR) is 117 cm³/mol. The number of rotatable bonds is 7. The SMILES string of the molecule is CC[C@H](C)[C@H](NC(=O)OC)C(=O)N[C@@H]1CC[C@H]2CN(S(=O)(=O)c3ccc(C(F)(F)F)cc3)C[C@H]21. The van der Waals surface area contributed by atoms with Crippen molar-refractivity contribution in [1.82, 2.24) is 14.9 Å². The number of alkyl carbamates (subject to hydrolysis) is 1. The molecule has 2 amide bonds. The first kappa shape index (κ1) is 26.3. The van der Waals surface area contributed by atoms with Gasteiger partial charge in [-0.1, -0.05) is 20.3 Å². The summed E-state index contributed by atoms with van der Waals surface area (Å²) >= 11 is 0. The van der Waals surface area contributed by atoms with Crippen LogP contribution in [-0.4, -0.2) is 57.0 Å². The van der Waals surface area contributed by atoms with E-state index in [1.54, 1.807) is 0 Å². The Morgan fingerprint density at radius 1 is 1.18 bits per heavy atom. The van der Waals surface area contributed by atoms with E-state index in [4.69, 9.17) is 0 Å². The van der Waals surface area contributed by atoms with Crippen molar-refractivity contribution in [2.75, 3.05) is 20.2 Å². The third-order valence-electron chi connectivity index (χ3n) is 6.92. The summed E-state index contributed by atoms with van der Waals surface area (Å²) in [7, 11) is -2.75. The molecule has 5 atom stereocenters. The van der Waals surface area contributed by atoms with Gasteiger partial charge in [0.05, 0.1) is 17.6 Å². The Balaban J connectivity index is 1.69. The van der Waals surface area contributed by atoms with Gasteiger partial charge in [0.1, 0.15) is 6.04 Å². The van der Waals surface area contributed by atoms with Crippen molar-refractivity contribution in [1.29, 1.82) is 0 Å². The lowest BCUT2D eigenvalue weighted by Gasteiger charge is -2.27. The first-order valence-electron chi connectivity index (χ1n) is 11.2. The summed E-state index contributed by atoms with van der Waals surface area (Å²) in [6, 6.07) is 2.41. The number of carbonyl (C=O) groups is 2. The highest BCUT2D eigenvalue weighted by Gasteiger charge is 2.47. The zero-order valence-electron chi connectivity index (χ0n) is 19.3. The predicted octanol–water partition coefficient (Wildman–Crippen LogP) is 2.99. The van der Waals surface area contributed by atoms with Crippen LogP contribution in [0.25, 0.3) is 0 Å². The maximum atomic E-state index is 13.0. The molecule has 1 saturated heterocycles. The largest absolute Gasteiger partial charge is 0.453 e. The molecule has 1 aliphatic heterocycles. The molecule has 2 fully saturated rings. The first-order valence-corrected chi connectivity index (χ1v) is 12.6. The van der Waals surface area contributed by atoms with Crippen molar-refractivity contribution in [2.45, 2.75) is 56.3 Å². The summed E-state index contributed by atoms with van der Waals surface area (Å²) in [6.45, 7) is 4.15. The Labute approximate surface area is 197 Å². The number of fused-ring (bicyclic) bond motifs is 1. The number of halogens is 3. The van der Waals surface area contributed by atoms with Crippen LogP contribution >= 0.6 is 0 Å². The van der Waals surface area contributed by atoms with Crippen LogP contribution in [0.15, 0.2) is 29.2 Å². The molecule has 1 heterocycles. The number of methoxy groups -OCH3 is 1. The second-order valence-corrected chi connectivity index (χ2v) is 10.9. The Hall–Kier alpha value is -2.34. The lowest BCUT2D eigenvalue weighted by Crippen LogP contribution is -2.53. The molecule has 2 aliphatic rings. The second-order valence-electron chi connectivity index (χ2n) is 8.96. The van der Waals surface area contributed by atoms with E-state index in [0.29, 0.717) is 19.3 Å². The van der Waals surface area contributed by atoms with Crippen LogP contribution in [0, 0.1) is 17.8 Å². The number of nitrogens with zero attached hydrogens (tertiary/aromatic N) is 1. The molecule has 8 nitrogen and oxygen atoms in total. The minimum absolute atomic E-state index is 0.0325. The van der Waals surface area contributed by atoms with Crippen molar-refractivity contribution in [3.63, 3.8) is 0 Å². The molecular formula is C22H30F3N3O5S. The van der Waals surface area contributed by atoms with Crippen molar-refractivity contribution in [3.8, 4) is 0 Å². The molecule has 0 radical (unpaired) electrons. The summed E-state index contributed by atoms with van der Waals surface area (Å²) in [5, 5.41) is 5.54. The maximum absolute atomic E-state index is 13.0. The molecule has 0 unspecified atom stereocenters. The zero-order chi connectivity index (χ0) is 25.3. The number of carbonyl (C=O) groups excluding carboxylic acids is 2. The van der Waals surface area contributed by atoms with Crippen LogP contribution in [0.3, 0.4) is 0 Å². The van der Waals surface area contributed by atoms with E-state index in [1.165, 1.54) is 11.4 Å². The van der Waals surface area contributed by atoms with Gasteiger partial charge in [-0.3, -0.25) is 4.79 Å². The van der Waals surface area contributed by atoms with Crippen LogP contribution in [0.1, 0.15) is 38.7 Å². The Morgan fingerprint density at radius 3 is 2.38 bits per heavy atom. The van der Waals surface area contributed by atoms with Gasteiger partial charge in [-0.05, 0) is 54.9 Å². The van der Waals surface area contributed by atoms with E-state index >= 15 is 0 Å². The fraction of sp³-hybridized carbons (Fsp3) is 0.636. The summed E-state index contributed by atoms with van der Waals surface area (Å²) in [6.07, 6.45) is -3.21. The monoisotopic (exact) mass is 505 g/mol. The molecule has 2 N–H and O–H groups in total. The van der Waals surface area contributed by atoms with E-state index in [-0.39, 0.29) is 47.7 Å². The zero-order valence-corrected chi connectivity index (χ0v) is 20.1. The van der Waals surface area contributed by atoms with Gasteiger partial charge in [0.2, 0.25) is 15.9 Å². The molecule has 0 bridgehead atoms. The molecule has 34 heavy (non-hydrogen) atoms. The van der Waals surface area contributed by atoms with Crippen LogP contribution in [-0.2, 0) is 25.7 Å². The molecule has 1 aromatic carbocycles. The van der Waals surface area contributed by atoms with Gasteiger partial charge in [-0.2, -0.15) is 17.5 Å². The summed E-state index contributed by atoms with van der Waals surface area (Å²) in [4.78, 5) is 24.4. The van der Waals surface area contributed by atoms with Gasteiger partial charge in [0.15, 0.2) is 0 Å². The second kappa shape index (κ2) is 10.1. The van der Waals surface area contributed by atoms with E-state index in [9.17, 15) is 31.2 Å². The molecule has 0 spiro atoms. The Bertz CT molecular complexity index is 1000. The summed E-state index contributed by atoms with van der Waals surface area (Å²) in [5.74, 6) is -0.583. The number of hydrogen-bond donors (Lipinski definition) is 2. The normalized spacial score (nSPS) is 24.8. The first-order chi connectivity index (χ1) is 15.9. The number of sulfonamides is 1. The highest BCUT2D eigenvalue weighted by molar-refractivity contribution is 7.89. The van der Waals surface area contributed by atoms with E-state index in [1.807, 2.05) is 13.8 Å². The minimum Gasteiger partial charge on any atom is -0.453 e. The maximum Gasteiger partial charge on any atom is 0.416 e. The van der Waals surface area contributed by atoms with Crippen LogP contribution in [0.4, 0.5) is 18.0 Å². The van der Waals surface area contributed by atoms with Gasteiger partial charge in [0.25, 0.3) is 0 Å². The van der Waals surface area contributed by atoms with Crippen molar-refractivity contribution in [3.05, 3.63) is 29.8 Å². The van der Waals surface area contributed by atoms with Crippen LogP contribution in [0.5, 0.6) is 0 Å². The molecular weight excluding hydrogens is 475 g/mol. The van der Waals surface area contributed by atoms with Gasteiger partial charge >= 0.3 is 12.3 Å². The Kier molecular flexibility index (Phi) is 7.81. The third kappa shape index (κ3) is 5.48.